The largest absolute Gasteiger partial charge is 0.378 e. The predicted molar refractivity (Wildman–Crippen MR) is 117 cm³/mol. The number of hydrogen-bond acceptors (Lipinski definition) is 6. The molecule has 0 atom stereocenters. The highest BCUT2D eigenvalue weighted by Crippen LogP contribution is 2.28. The van der Waals surface area contributed by atoms with E-state index in [1.807, 2.05) is 43.5 Å². The Labute approximate surface area is 179 Å². The maximum Gasteiger partial charge on any atom is 0.350 e. The molecule has 162 valence electrons. The zero-order valence-electron chi connectivity index (χ0n) is 17.4. The molecule has 0 bridgehead atoms. The van der Waals surface area contributed by atoms with Crippen LogP contribution in [0, 0.1) is 6.92 Å². The summed E-state index contributed by atoms with van der Waals surface area (Å²) < 4.78 is 20.9. The smallest absolute Gasteiger partial charge is 0.350 e. The van der Waals surface area contributed by atoms with E-state index in [9.17, 15) is 9.18 Å². The number of ether oxygens (including phenoxy) is 1. The van der Waals surface area contributed by atoms with Crippen molar-refractivity contribution in [2.24, 2.45) is 5.73 Å². The molecule has 1 fully saturated rings. The molecule has 0 aliphatic carbocycles. The van der Waals surface area contributed by atoms with E-state index in [0.717, 1.165) is 35.6 Å². The van der Waals surface area contributed by atoms with Gasteiger partial charge >= 0.3 is 5.69 Å². The molecule has 2 N–H and O–H groups in total. The molecule has 0 saturated carbocycles. The molecular formula is C22H25FN6O2. The maximum absolute atomic E-state index is 12.8. The van der Waals surface area contributed by atoms with Crippen LogP contribution in [0.4, 0.5) is 10.2 Å². The molecule has 0 amide bonds. The predicted octanol–water partition coefficient (Wildman–Crippen LogP) is 2.05. The molecular weight excluding hydrogens is 399 g/mol. The minimum atomic E-state index is -0.353. The summed E-state index contributed by atoms with van der Waals surface area (Å²) in [6.07, 6.45) is 3.72. The molecule has 31 heavy (non-hydrogen) atoms. The number of pyridine rings is 1. The van der Waals surface area contributed by atoms with Crippen molar-refractivity contribution < 1.29 is 9.13 Å². The Kier molecular flexibility index (Phi) is 6.24. The van der Waals surface area contributed by atoms with E-state index >= 15 is 0 Å². The number of nitrogens with zero attached hydrogens (tertiary/aromatic N) is 5. The number of hydrogen-bond donors (Lipinski definition) is 1. The first-order valence-electron chi connectivity index (χ1n) is 10.1. The van der Waals surface area contributed by atoms with Gasteiger partial charge in [-0.05, 0) is 41.8 Å². The van der Waals surface area contributed by atoms with Crippen molar-refractivity contribution in [1.82, 2.24) is 19.3 Å². The molecule has 0 unspecified atom stereocenters. The minimum Gasteiger partial charge on any atom is -0.378 e. The fourth-order valence-electron chi connectivity index (χ4n) is 3.67. The Bertz CT molecular complexity index is 1130. The van der Waals surface area contributed by atoms with Crippen LogP contribution in [0.1, 0.15) is 5.56 Å². The molecule has 1 saturated heterocycles. The average Bonchev–Trinajstić information content (AvgIpc) is 3.18. The van der Waals surface area contributed by atoms with Crippen molar-refractivity contribution in [2.45, 2.75) is 13.5 Å². The third kappa shape index (κ3) is 4.28. The number of halogens is 1. The van der Waals surface area contributed by atoms with Crippen molar-refractivity contribution in [3.63, 3.8) is 0 Å². The Hall–Kier alpha value is -3.30. The van der Waals surface area contributed by atoms with Crippen LogP contribution in [0.15, 0.2) is 59.6 Å². The number of anilines is 1. The van der Waals surface area contributed by atoms with Crippen LogP contribution in [0.25, 0.3) is 16.8 Å². The topological polar surface area (TPSA) is 91.2 Å². The van der Waals surface area contributed by atoms with Crippen LogP contribution in [-0.4, -0.2) is 52.2 Å². The zero-order valence-corrected chi connectivity index (χ0v) is 17.4. The Morgan fingerprint density at radius 3 is 2.74 bits per heavy atom. The second-order valence-corrected chi connectivity index (χ2v) is 7.37. The lowest BCUT2D eigenvalue weighted by Gasteiger charge is -2.27. The summed E-state index contributed by atoms with van der Waals surface area (Å²) in [7, 11) is 0. The van der Waals surface area contributed by atoms with E-state index < -0.39 is 0 Å². The van der Waals surface area contributed by atoms with E-state index in [4.69, 9.17) is 10.5 Å². The van der Waals surface area contributed by atoms with Gasteiger partial charge in [-0.1, -0.05) is 12.1 Å². The molecule has 3 heterocycles. The molecule has 8 nitrogen and oxygen atoms in total. The van der Waals surface area contributed by atoms with Gasteiger partial charge in [-0.2, -0.15) is 5.10 Å². The van der Waals surface area contributed by atoms with E-state index in [0.29, 0.717) is 30.8 Å². The van der Waals surface area contributed by atoms with Gasteiger partial charge in [0.05, 0.1) is 31.8 Å². The van der Waals surface area contributed by atoms with Crippen molar-refractivity contribution in [1.29, 1.82) is 0 Å². The van der Waals surface area contributed by atoms with Gasteiger partial charge in [0.25, 0.3) is 0 Å². The quantitative estimate of drug-likeness (QED) is 0.651. The maximum atomic E-state index is 12.8. The molecule has 1 aliphatic rings. The normalized spacial score (nSPS) is 14.8. The van der Waals surface area contributed by atoms with Crippen LogP contribution in [0.3, 0.4) is 0 Å². The fraction of sp³-hybridized carbons (Fsp3) is 0.318. The number of rotatable bonds is 6. The van der Waals surface area contributed by atoms with Gasteiger partial charge in [-0.15, -0.1) is 0 Å². The van der Waals surface area contributed by atoms with E-state index in [1.165, 1.54) is 15.6 Å². The fourth-order valence-corrected chi connectivity index (χ4v) is 3.67. The van der Waals surface area contributed by atoms with Crippen molar-refractivity contribution in [2.75, 3.05) is 37.7 Å². The highest BCUT2D eigenvalue weighted by Gasteiger charge is 2.15. The van der Waals surface area contributed by atoms with E-state index in [1.54, 1.807) is 0 Å². The monoisotopic (exact) mass is 424 g/mol. The Morgan fingerprint density at radius 2 is 2.06 bits per heavy atom. The van der Waals surface area contributed by atoms with Gasteiger partial charge in [0.15, 0.2) is 0 Å². The van der Waals surface area contributed by atoms with E-state index in [-0.39, 0.29) is 18.8 Å². The van der Waals surface area contributed by atoms with Gasteiger partial charge < -0.3 is 15.4 Å². The molecule has 3 aromatic rings. The van der Waals surface area contributed by atoms with Crippen molar-refractivity contribution in [3.05, 3.63) is 70.8 Å². The summed E-state index contributed by atoms with van der Waals surface area (Å²) in [4.78, 5) is 19.6. The molecule has 0 spiro atoms. The van der Waals surface area contributed by atoms with Gasteiger partial charge in [0.1, 0.15) is 12.1 Å². The summed E-state index contributed by atoms with van der Waals surface area (Å²) in [6, 6.07) is 9.79. The van der Waals surface area contributed by atoms with Crippen molar-refractivity contribution in [3.8, 4) is 16.8 Å². The summed E-state index contributed by atoms with van der Waals surface area (Å²) in [5.74, 6) is 0.926. The van der Waals surface area contributed by atoms with Crippen LogP contribution in [0.5, 0.6) is 0 Å². The third-order valence-electron chi connectivity index (χ3n) is 5.46. The molecule has 4 rings (SSSR count). The lowest BCUT2D eigenvalue weighted by atomic mass is 10.0. The lowest BCUT2D eigenvalue weighted by Crippen LogP contribution is -2.36. The first-order valence-corrected chi connectivity index (χ1v) is 10.1. The highest BCUT2D eigenvalue weighted by molar-refractivity contribution is 5.71. The summed E-state index contributed by atoms with van der Waals surface area (Å²) in [5, 5.41) is 4.11. The van der Waals surface area contributed by atoms with Crippen LogP contribution in [-0.2, 0) is 11.3 Å². The first kappa shape index (κ1) is 21.0. The number of aromatic nitrogens is 4. The second kappa shape index (κ2) is 9.23. The van der Waals surface area contributed by atoms with E-state index in [2.05, 4.69) is 15.0 Å². The number of morpholine rings is 1. The van der Waals surface area contributed by atoms with Crippen molar-refractivity contribution >= 4 is 5.82 Å². The number of nitrogens with two attached hydrogens (primary N) is 1. The molecule has 1 aromatic carbocycles. The zero-order chi connectivity index (χ0) is 21.8. The molecule has 1 aliphatic heterocycles. The van der Waals surface area contributed by atoms with Crippen LogP contribution >= 0.6 is 0 Å². The molecule has 9 heteroatoms. The SMILES string of the molecule is Cc1c(-c2ccc(N3CCOCC3)nc2)cccc1-n1cnn(C/C(=C/F)CN)c1=O. The van der Waals surface area contributed by atoms with Crippen LogP contribution in [0.2, 0.25) is 0 Å². The lowest BCUT2D eigenvalue weighted by molar-refractivity contribution is 0.122. The first-order chi connectivity index (χ1) is 15.1. The molecule has 2 aromatic heterocycles. The number of benzene rings is 1. The Morgan fingerprint density at radius 1 is 1.26 bits per heavy atom. The summed E-state index contributed by atoms with van der Waals surface area (Å²) in [5.41, 5.74) is 9.01. The highest BCUT2D eigenvalue weighted by atomic mass is 19.1. The minimum absolute atomic E-state index is 0.0183. The summed E-state index contributed by atoms with van der Waals surface area (Å²) in [6.45, 7) is 5.08. The molecule has 0 radical (unpaired) electrons. The third-order valence-corrected chi connectivity index (χ3v) is 5.46. The second-order valence-electron chi connectivity index (χ2n) is 7.37. The van der Waals surface area contributed by atoms with Gasteiger partial charge in [0.2, 0.25) is 0 Å². The standard InChI is InChI=1S/C22H25FN6O2/c1-16-19(18-5-6-21(25-13-18)27-7-9-31-10-8-27)3-2-4-20(16)28-15-26-29(22(28)30)14-17(11-23)12-24/h2-6,11,13,15H,7-10,12,14,24H2,1H3/b17-11+. The Balaban J connectivity index is 1.63. The van der Waals surface area contributed by atoms with Gasteiger partial charge in [0, 0.05) is 31.4 Å². The summed E-state index contributed by atoms with van der Waals surface area (Å²) >= 11 is 0. The average molecular weight is 424 g/mol. The van der Waals surface area contributed by atoms with Gasteiger partial charge in [-0.25, -0.2) is 23.4 Å². The van der Waals surface area contributed by atoms with Gasteiger partial charge in [-0.3, -0.25) is 0 Å². The van der Waals surface area contributed by atoms with Crippen LogP contribution < -0.4 is 16.3 Å².